The number of rotatable bonds is 2. The minimum absolute atomic E-state index is 0.00926. The summed E-state index contributed by atoms with van der Waals surface area (Å²) in [7, 11) is -3.65. The number of hydrogen-bond donors (Lipinski definition) is 1. The van der Waals surface area contributed by atoms with Gasteiger partial charge in [0.15, 0.2) is 0 Å². The first-order valence-electron chi connectivity index (χ1n) is 5.87. The average Bonchev–Trinajstić information content (AvgIpc) is 2.31. The van der Waals surface area contributed by atoms with Gasteiger partial charge in [-0.05, 0) is 35.8 Å². The zero-order valence-electron chi connectivity index (χ0n) is 10.7. The Morgan fingerprint density at radius 3 is 2.58 bits per heavy atom. The van der Waals surface area contributed by atoms with Crippen molar-refractivity contribution in [2.24, 2.45) is 0 Å². The quantitative estimate of drug-likeness (QED) is 0.867. The number of aromatic nitrogens is 1. The van der Waals surface area contributed by atoms with Crippen molar-refractivity contribution < 1.29 is 13.2 Å². The molecule has 106 valence electrons. The van der Waals surface area contributed by atoms with E-state index in [0.717, 1.165) is 0 Å². The van der Waals surface area contributed by atoms with Crippen LogP contribution in [-0.2, 0) is 14.8 Å². The van der Waals surface area contributed by atoms with Crippen molar-refractivity contribution in [3.8, 4) is 0 Å². The Bertz CT molecular complexity index is 569. The van der Waals surface area contributed by atoms with Crippen molar-refractivity contribution in [2.45, 2.75) is 31.0 Å². The molecule has 2 heterocycles. The van der Waals surface area contributed by atoms with Crippen LogP contribution in [0.5, 0.6) is 0 Å². The molecule has 19 heavy (non-hydrogen) atoms. The molecule has 1 aliphatic heterocycles. The molecule has 0 spiro atoms. The highest BCUT2D eigenvalue weighted by molar-refractivity contribution is 9.10. The fourth-order valence-corrected chi connectivity index (χ4v) is 4.27. The van der Waals surface area contributed by atoms with Gasteiger partial charge in [-0.25, -0.2) is 13.4 Å². The molecule has 1 fully saturated rings. The van der Waals surface area contributed by atoms with Crippen molar-refractivity contribution in [1.29, 1.82) is 0 Å². The van der Waals surface area contributed by atoms with E-state index in [4.69, 9.17) is 10.5 Å². The standard InChI is InChI=1S/C11H16BrN3O3S/c1-7-5-15(6-8(2)18-7)19(16,17)10-3-9(12)4-14-11(10)13/h3-4,7-8H,5-6H2,1-2H3,(H2,13,14). The number of pyridine rings is 1. The van der Waals surface area contributed by atoms with E-state index in [0.29, 0.717) is 17.6 Å². The molecule has 0 radical (unpaired) electrons. The number of hydrogen-bond acceptors (Lipinski definition) is 5. The normalized spacial score (nSPS) is 25.4. The molecule has 1 aromatic rings. The maximum atomic E-state index is 12.6. The molecular formula is C11H16BrN3O3S. The van der Waals surface area contributed by atoms with Crippen molar-refractivity contribution in [1.82, 2.24) is 9.29 Å². The Balaban J connectivity index is 2.39. The third-order valence-corrected chi connectivity index (χ3v) is 5.15. The molecule has 0 bridgehead atoms. The fraction of sp³-hybridized carbons (Fsp3) is 0.545. The van der Waals surface area contributed by atoms with E-state index in [2.05, 4.69) is 20.9 Å². The summed E-state index contributed by atoms with van der Waals surface area (Å²) in [6.07, 6.45) is 1.19. The number of nitrogens with two attached hydrogens (primary N) is 1. The predicted octanol–water partition coefficient (Wildman–Crippen LogP) is 1.22. The number of nitrogens with zero attached hydrogens (tertiary/aromatic N) is 2. The summed E-state index contributed by atoms with van der Waals surface area (Å²) in [5.41, 5.74) is 5.68. The van der Waals surface area contributed by atoms with Crippen molar-refractivity contribution in [3.63, 3.8) is 0 Å². The zero-order valence-corrected chi connectivity index (χ0v) is 13.1. The molecule has 2 atom stereocenters. The second-order valence-corrected chi connectivity index (χ2v) is 7.44. The van der Waals surface area contributed by atoms with E-state index in [-0.39, 0.29) is 22.9 Å². The van der Waals surface area contributed by atoms with Crippen molar-refractivity contribution in [2.75, 3.05) is 18.8 Å². The molecule has 0 amide bonds. The number of sulfonamides is 1. The SMILES string of the molecule is CC1CN(S(=O)(=O)c2cc(Br)cnc2N)CC(C)O1. The first-order valence-corrected chi connectivity index (χ1v) is 8.10. The van der Waals surface area contributed by atoms with Crippen LogP contribution < -0.4 is 5.73 Å². The lowest BCUT2D eigenvalue weighted by Gasteiger charge is -2.34. The van der Waals surface area contributed by atoms with E-state index in [1.807, 2.05) is 13.8 Å². The lowest BCUT2D eigenvalue weighted by Crippen LogP contribution is -2.48. The molecule has 8 heteroatoms. The number of nitrogen functional groups attached to an aromatic ring is 1. The third kappa shape index (κ3) is 3.07. The summed E-state index contributed by atoms with van der Waals surface area (Å²) in [4.78, 5) is 3.90. The zero-order chi connectivity index (χ0) is 14.2. The second-order valence-electron chi connectivity index (χ2n) is 4.62. The molecule has 1 aliphatic rings. The Morgan fingerprint density at radius 2 is 2.00 bits per heavy atom. The lowest BCUT2D eigenvalue weighted by atomic mass is 10.3. The van der Waals surface area contributed by atoms with Crippen LogP contribution in [0, 0.1) is 0 Å². The average molecular weight is 350 g/mol. The molecule has 2 rings (SSSR count). The largest absolute Gasteiger partial charge is 0.383 e. The van der Waals surface area contributed by atoms with Crippen LogP contribution in [0.25, 0.3) is 0 Å². The third-order valence-electron chi connectivity index (χ3n) is 2.85. The molecule has 6 nitrogen and oxygen atoms in total. The van der Waals surface area contributed by atoms with Crippen LogP contribution in [0.2, 0.25) is 0 Å². The van der Waals surface area contributed by atoms with Crippen molar-refractivity contribution in [3.05, 3.63) is 16.7 Å². The van der Waals surface area contributed by atoms with Gasteiger partial charge in [0.2, 0.25) is 10.0 Å². The highest BCUT2D eigenvalue weighted by Gasteiger charge is 2.33. The molecular weight excluding hydrogens is 334 g/mol. The number of morpholine rings is 1. The van der Waals surface area contributed by atoms with Gasteiger partial charge in [0, 0.05) is 23.8 Å². The van der Waals surface area contributed by atoms with E-state index < -0.39 is 10.0 Å². The van der Waals surface area contributed by atoms with Crippen LogP contribution in [0.15, 0.2) is 21.6 Å². The van der Waals surface area contributed by atoms with Gasteiger partial charge in [-0.15, -0.1) is 0 Å². The highest BCUT2D eigenvalue weighted by atomic mass is 79.9. The Hall–Kier alpha value is -0.700. The topological polar surface area (TPSA) is 85.5 Å². The van der Waals surface area contributed by atoms with Gasteiger partial charge in [0.25, 0.3) is 0 Å². The maximum absolute atomic E-state index is 12.6. The summed E-state index contributed by atoms with van der Waals surface area (Å²) in [5, 5.41) is 0. The summed E-state index contributed by atoms with van der Waals surface area (Å²) >= 11 is 3.21. The number of halogens is 1. The lowest BCUT2D eigenvalue weighted by molar-refractivity contribution is -0.0440. The monoisotopic (exact) mass is 349 g/mol. The molecule has 2 N–H and O–H groups in total. The van der Waals surface area contributed by atoms with Crippen LogP contribution >= 0.6 is 15.9 Å². The smallest absolute Gasteiger partial charge is 0.246 e. The highest BCUT2D eigenvalue weighted by Crippen LogP contribution is 2.26. The van der Waals surface area contributed by atoms with Gasteiger partial charge in [0.05, 0.1) is 12.2 Å². The Labute approximate surface area is 121 Å². The predicted molar refractivity (Wildman–Crippen MR) is 75.1 cm³/mol. The molecule has 0 aliphatic carbocycles. The molecule has 1 saturated heterocycles. The summed E-state index contributed by atoms with van der Waals surface area (Å²) in [5.74, 6) is 0.00926. The number of anilines is 1. The fourth-order valence-electron chi connectivity index (χ4n) is 2.10. The van der Waals surface area contributed by atoms with Gasteiger partial charge in [-0.1, -0.05) is 0 Å². The van der Waals surface area contributed by atoms with Crippen molar-refractivity contribution >= 4 is 31.8 Å². The van der Waals surface area contributed by atoms with Gasteiger partial charge in [-0.2, -0.15) is 4.31 Å². The Kier molecular flexibility index (Phi) is 4.14. The first-order chi connectivity index (χ1) is 8.80. The number of ether oxygens (including phenoxy) is 1. The van der Waals surface area contributed by atoms with Crippen LogP contribution in [0.3, 0.4) is 0 Å². The summed E-state index contributed by atoms with van der Waals surface area (Å²) in [6.45, 7) is 4.33. The molecule has 0 saturated carbocycles. The Morgan fingerprint density at radius 1 is 1.42 bits per heavy atom. The second kappa shape index (κ2) is 5.35. The maximum Gasteiger partial charge on any atom is 0.246 e. The van der Waals surface area contributed by atoms with E-state index >= 15 is 0 Å². The van der Waals surface area contributed by atoms with Crippen LogP contribution in [0.4, 0.5) is 5.82 Å². The van der Waals surface area contributed by atoms with Gasteiger partial charge < -0.3 is 10.5 Å². The summed E-state index contributed by atoms with van der Waals surface area (Å²) < 4.78 is 32.7. The van der Waals surface area contributed by atoms with Gasteiger partial charge in [-0.3, -0.25) is 0 Å². The van der Waals surface area contributed by atoms with Crippen LogP contribution in [-0.4, -0.2) is 43.0 Å². The van der Waals surface area contributed by atoms with Gasteiger partial charge in [0.1, 0.15) is 10.7 Å². The van der Waals surface area contributed by atoms with Gasteiger partial charge >= 0.3 is 0 Å². The molecule has 0 aromatic carbocycles. The van der Waals surface area contributed by atoms with E-state index in [9.17, 15) is 8.42 Å². The van der Waals surface area contributed by atoms with Crippen LogP contribution in [0.1, 0.15) is 13.8 Å². The first kappa shape index (κ1) is 14.7. The molecule has 1 aromatic heterocycles. The minimum atomic E-state index is -3.65. The molecule has 2 unspecified atom stereocenters. The van der Waals surface area contributed by atoms with E-state index in [1.165, 1.54) is 16.6 Å². The minimum Gasteiger partial charge on any atom is -0.383 e. The van der Waals surface area contributed by atoms with E-state index in [1.54, 1.807) is 0 Å². The summed E-state index contributed by atoms with van der Waals surface area (Å²) in [6, 6.07) is 1.47.